The van der Waals surface area contributed by atoms with Crippen LogP contribution in [-0.2, 0) is 0 Å². The van der Waals surface area contributed by atoms with Crippen molar-refractivity contribution in [1.82, 2.24) is 5.32 Å². The van der Waals surface area contributed by atoms with E-state index in [2.05, 4.69) is 5.32 Å². The summed E-state index contributed by atoms with van der Waals surface area (Å²) in [5, 5.41) is 2.98. The summed E-state index contributed by atoms with van der Waals surface area (Å²) in [4.78, 5) is 11.9. The van der Waals surface area contributed by atoms with Crippen LogP contribution in [0.3, 0.4) is 0 Å². The van der Waals surface area contributed by atoms with Gasteiger partial charge >= 0.3 is 0 Å². The highest BCUT2D eigenvalue weighted by molar-refractivity contribution is 5.96. The summed E-state index contributed by atoms with van der Waals surface area (Å²) in [5.74, 6) is 0.511. The van der Waals surface area contributed by atoms with E-state index in [0.29, 0.717) is 17.0 Å². The van der Waals surface area contributed by atoms with Crippen molar-refractivity contribution < 1.29 is 9.53 Å². The van der Waals surface area contributed by atoms with Gasteiger partial charge in [0.15, 0.2) is 0 Å². The minimum absolute atomic E-state index is 0.0189. The van der Waals surface area contributed by atoms with E-state index >= 15 is 0 Å². The molecule has 1 aliphatic carbocycles. The minimum atomic E-state index is -0.0920. The van der Waals surface area contributed by atoms with Crippen molar-refractivity contribution in [3.05, 3.63) is 23.8 Å². The topological polar surface area (TPSA) is 64.3 Å². The molecule has 4 nitrogen and oxygen atoms in total. The van der Waals surface area contributed by atoms with Crippen molar-refractivity contribution in [2.24, 2.45) is 0 Å². The van der Waals surface area contributed by atoms with Gasteiger partial charge in [0.2, 0.25) is 0 Å². The number of hydrogen-bond acceptors (Lipinski definition) is 3. The van der Waals surface area contributed by atoms with Crippen LogP contribution in [0.2, 0.25) is 0 Å². The third-order valence-corrected chi connectivity index (χ3v) is 2.84. The van der Waals surface area contributed by atoms with E-state index < -0.39 is 0 Å². The monoisotopic (exact) mass is 220 g/mol. The van der Waals surface area contributed by atoms with Gasteiger partial charge in [-0.15, -0.1) is 0 Å². The maximum atomic E-state index is 11.9. The Hall–Kier alpha value is -1.71. The highest BCUT2D eigenvalue weighted by atomic mass is 16.5. The van der Waals surface area contributed by atoms with Crippen molar-refractivity contribution >= 4 is 11.6 Å². The first-order valence-corrected chi connectivity index (χ1v) is 5.29. The Balaban J connectivity index is 2.18. The molecule has 1 saturated carbocycles. The number of anilines is 1. The summed E-state index contributed by atoms with van der Waals surface area (Å²) in [6.45, 7) is 2.04. The summed E-state index contributed by atoms with van der Waals surface area (Å²) in [6, 6.07) is 5.04. The maximum Gasteiger partial charge on any atom is 0.251 e. The van der Waals surface area contributed by atoms with Crippen molar-refractivity contribution in [3.8, 4) is 5.75 Å². The molecule has 1 amide bonds. The zero-order valence-electron chi connectivity index (χ0n) is 9.54. The smallest absolute Gasteiger partial charge is 0.251 e. The Kier molecular flexibility index (Phi) is 2.50. The normalized spacial score (nSPS) is 16.6. The number of benzene rings is 1. The summed E-state index contributed by atoms with van der Waals surface area (Å²) in [6.07, 6.45) is 2.08. The number of nitrogens with two attached hydrogens (primary N) is 1. The average Bonchev–Trinajstić information content (AvgIpc) is 2.95. The first-order chi connectivity index (χ1) is 7.52. The zero-order chi connectivity index (χ0) is 11.8. The molecule has 1 fully saturated rings. The molecule has 16 heavy (non-hydrogen) atoms. The zero-order valence-corrected chi connectivity index (χ0v) is 9.54. The number of carbonyl (C=O) groups is 1. The van der Waals surface area contributed by atoms with Crippen molar-refractivity contribution in [2.75, 3.05) is 12.8 Å². The first-order valence-electron chi connectivity index (χ1n) is 5.29. The lowest BCUT2D eigenvalue weighted by Crippen LogP contribution is -2.34. The molecule has 0 aliphatic heterocycles. The molecular formula is C12H16N2O2. The van der Waals surface area contributed by atoms with Gasteiger partial charge in [0.1, 0.15) is 5.75 Å². The Labute approximate surface area is 94.8 Å². The van der Waals surface area contributed by atoms with Crippen molar-refractivity contribution in [2.45, 2.75) is 25.3 Å². The molecule has 0 spiro atoms. The van der Waals surface area contributed by atoms with Crippen LogP contribution in [-0.4, -0.2) is 18.6 Å². The average molecular weight is 220 g/mol. The molecule has 2 rings (SSSR count). The fraction of sp³-hybridized carbons (Fsp3) is 0.417. The van der Waals surface area contributed by atoms with Crippen LogP contribution in [0, 0.1) is 0 Å². The maximum absolute atomic E-state index is 11.9. The molecule has 1 aliphatic rings. The Morgan fingerprint density at radius 3 is 2.69 bits per heavy atom. The lowest BCUT2D eigenvalue weighted by molar-refractivity contribution is 0.0935. The highest BCUT2D eigenvalue weighted by Crippen LogP contribution is 2.34. The molecule has 3 N–H and O–H groups in total. The molecule has 0 bridgehead atoms. The summed E-state index contributed by atoms with van der Waals surface area (Å²) in [7, 11) is 1.55. The highest BCUT2D eigenvalue weighted by Gasteiger charge is 2.38. The van der Waals surface area contributed by atoms with Crippen LogP contribution in [0.4, 0.5) is 5.69 Å². The Morgan fingerprint density at radius 2 is 2.12 bits per heavy atom. The fourth-order valence-corrected chi connectivity index (χ4v) is 1.53. The Bertz CT molecular complexity index is 425. The van der Waals surface area contributed by atoms with Gasteiger partial charge < -0.3 is 15.8 Å². The molecular weight excluding hydrogens is 204 g/mol. The van der Waals surface area contributed by atoms with E-state index in [1.807, 2.05) is 6.92 Å². The number of ether oxygens (including phenoxy) is 1. The molecule has 4 heteroatoms. The van der Waals surface area contributed by atoms with E-state index in [9.17, 15) is 4.79 Å². The number of methoxy groups -OCH3 is 1. The first kappa shape index (κ1) is 10.8. The largest absolute Gasteiger partial charge is 0.497 e. The van der Waals surface area contributed by atoms with E-state index in [1.165, 1.54) is 0 Å². The minimum Gasteiger partial charge on any atom is -0.497 e. The van der Waals surface area contributed by atoms with E-state index in [1.54, 1.807) is 25.3 Å². The SMILES string of the molecule is COc1cc(N)cc(C(=O)NC2(C)CC2)c1. The lowest BCUT2D eigenvalue weighted by atomic mass is 10.1. The molecule has 0 saturated heterocycles. The van der Waals surface area contributed by atoms with Crippen molar-refractivity contribution in [3.63, 3.8) is 0 Å². The number of nitrogens with one attached hydrogen (secondary N) is 1. The van der Waals surface area contributed by atoms with E-state index in [4.69, 9.17) is 10.5 Å². The van der Waals surface area contributed by atoms with Crippen LogP contribution in [0.25, 0.3) is 0 Å². The van der Waals surface area contributed by atoms with Crippen molar-refractivity contribution in [1.29, 1.82) is 0 Å². The standard InChI is InChI=1S/C12H16N2O2/c1-12(3-4-12)14-11(15)8-5-9(13)7-10(6-8)16-2/h5-7H,3-4,13H2,1-2H3,(H,14,15). The van der Waals surface area contributed by atoms with Crippen LogP contribution >= 0.6 is 0 Å². The molecule has 86 valence electrons. The molecule has 1 aromatic carbocycles. The molecule has 0 radical (unpaired) electrons. The molecule has 1 aromatic rings. The van der Waals surface area contributed by atoms with Crippen LogP contribution in [0.1, 0.15) is 30.1 Å². The molecule has 0 heterocycles. The number of nitrogen functional groups attached to an aromatic ring is 1. The van der Waals surface area contributed by atoms with E-state index in [0.717, 1.165) is 12.8 Å². The van der Waals surface area contributed by atoms with Gasteiger partial charge in [-0.2, -0.15) is 0 Å². The fourth-order valence-electron chi connectivity index (χ4n) is 1.53. The van der Waals surface area contributed by atoms with E-state index in [-0.39, 0.29) is 11.4 Å². The summed E-state index contributed by atoms with van der Waals surface area (Å²) >= 11 is 0. The quantitative estimate of drug-likeness (QED) is 0.760. The summed E-state index contributed by atoms with van der Waals surface area (Å²) < 4.78 is 5.07. The second-order valence-corrected chi connectivity index (χ2v) is 4.51. The second kappa shape index (κ2) is 3.70. The molecule has 0 atom stereocenters. The number of hydrogen-bond donors (Lipinski definition) is 2. The van der Waals surface area contributed by atoms with Gasteiger partial charge in [-0.1, -0.05) is 0 Å². The third kappa shape index (κ3) is 2.27. The second-order valence-electron chi connectivity index (χ2n) is 4.51. The van der Waals surface area contributed by atoms with Gasteiger partial charge in [0.25, 0.3) is 5.91 Å². The lowest BCUT2D eigenvalue weighted by Gasteiger charge is -2.12. The van der Waals surface area contributed by atoms with Gasteiger partial charge in [-0.25, -0.2) is 0 Å². The molecule has 0 unspecified atom stereocenters. The third-order valence-electron chi connectivity index (χ3n) is 2.84. The predicted octanol–water partition coefficient (Wildman–Crippen LogP) is 1.56. The number of rotatable bonds is 3. The summed E-state index contributed by atoms with van der Waals surface area (Å²) in [5.41, 5.74) is 6.75. The van der Waals surface area contributed by atoms with Gasteiger partial charge in [0.05, 0.1) is 7.11 Å². The van der Waals surface area contributed by atoms with Crippen LogP contribution in [0.15, 0.2) is 18.2 Å². The van der Waals surface area contributed by atoms with Gasteiger partial charge in [-0.05, 0) is 31.9 Å². The molecule has 0 aromatic heterocycles. The van der Waals surface area contributed by atoms with Gasteiger partial charge in [-0.3, -0.25) is 4.79 Å². The predicted molar refractivity (Wildman–Crippen MR) is 62.5 cm³/mol. The van der Waals surface area contributed by atoms with Crippen LogP contribution in [0.5, 0.6) is 5.75 Å². The van der Waals surface area contributed by atoms with Gasteiger partial charge in [0, 0.05) is 22.9 Å². The van der Waals surface area contributed by atoms with Crippen LogP contribution < -0.4 is 15.8 Å². The number of amides is 1. The number of carbonyl (C=O) groups excluding carboxylic acids is 1. The Morgan fingerprint density at radius 1 is 1.44 bits per heavy atom.